The van der Waals surface area contributed by atoms with Crippen LogP contribution in [0.3, 0.4) is 0 Å². The van der Waals surface area contributed by atoms with E-state index in [2.05, 4.69) is 21.2 Å². The van der Waals surface area contributed by atoms with E-state index in [1.54, 1.807) is 12.1 Å². The van der Waals surface area contributed by atoms with Gasteiger partial charge in [0.25, 0.3) is 0 Å². The number of hydrogen-bond donors (Lipinski definition) is 2. The lowest BCUT2D eigenvalue weighted by Gasteiger charge is -2.26. The van der Waals surface area contributed by atoms with E-state index in [1.807, 2.05) is 18.2 Å². The van der Waals surface area contributed by atoms with Crippen molar-refractivity contribution < 1.29 is 9.18 Å². The average Bonchev–Trinajstić information content (AvgIpc) is 2.51. The highest BCUT2D eigenvalue weighted by atomic mass is 79.9. The summed E-state index contributed by atoms with van der Waals surface area (Å²) in [5.41, 5.74) is 9.74. The van der Waals surface area contributed by atoms with E-state index in [-0.39, 0.29) is 24.2 Å². The summed E-state index contributed by atoms with van der Waals surface area (Å²) >= 11 is 3.14. The molecule has 1 atom stereocenters. The monoisotopic (exact) mass is 376 g/mol. The minimum atomic E-state index is -0.326. The molecule has 2 aromatic rings. The van der Waals surface area contributed by atoms with Gasteiger partial charge < -0.3 is 11.1 Å². The van der Waals surface area contributed by atoms with Crippen LogP contribution >= 0.6 is 15.9 Å². The summed E-state index contributed by atoms with van der Waals surface area (Å²) in [6.45, 7) is 0. The Morgan fingerprint density at radius 3 is 2.91 bits per heavy atom. The minimum Gasteiger partial charge on any atom is -0.399 e. The molecule has 0 aliphatic heterocycles. The molecule has 1 aliphatic rings. The predicted octanol–water partition coefficient (Wildman–Crippen LogP) is 3.91. The number of fused-ring (bicyclic) bond motifs is 1. The van der Waals surface area contributed by atoms with E-state index in [1.165, 1.54) is 11.6 Å². The van der Waals surface area contributed by atoms with E-state index in [4.69, 9.17) is 5.73 Å². The molecule has 0 fully saturated rings. The maximum atomic E-state index is 13.2. The number of benzene rings is 2. The highest BCUT2D eigenvalue weighted by molar-refractivity contribution is 9.10. The van der Waals surface area contributed by atoms with E-state index >= 15 is 0 Å². The molecule has 1 unspecified atom stereocenters. The standard InChI is InChI=1S/C18H18BrFN2O/c19-15-8-11(4-7-16(15)20)9-18(23)22-17-3-1-2-12-10-13(21)5-6-14(12)17/h4-8,10,17H,1-3,9,21H2,(H,22,23). The molecule has 2 aromatic carbocycles. The summed E-state index contributed by atoms with van der Waals surface area (Å²) in [5, 5.41) is 3.09. The van der Waals surface area contributed by atoms with Crippen molar-refractivity contribution in [1.82, 2.24) is 5.32 Å². The zero-order valence-corrected chi connectivity index (χ0v) is 14.2. The number of halogens is 2. The van der Waals surface area contributed by atoms with Crippen molar-refractivity contribution in [3.8, 4) is 0 Å². The van der Waals surface area contributed by atoms with Gasteiger partial charge in [-0.2, -0.15) is 0 Å². The zero-order valence-electron chi connectivity index (χ0n) is 12.6. The maximum absolute atomic E-state index is 13.2. The predicted molar refractivity (Wildman–Crippen MR) is 92.5 cm³/mol. The first-order valence-electron chi connectivity index (χ1n) is 7.64. The smallest absolute Gasteiger partial charge is 0.224 e. The topological polar surface area (TPSA) is 55.1 Å². The third kappa shape index (κ3) is 3.72. The van der Waals surface area contributed by atoms with Crippen LogP contribution in [-0.4, -0.2) is 5.91 Å². The number of nitrogens with one attached hydrogen (secondary N) is 1. The first kappa shape index (κ1) is 16.0. The van der Waals surface area contributed by atoms with Gasteiger partial charge in [-0.05, 0) is 76.1 Å². The van der Waals surface area contributed by atoms with Crippen LogP contribution < -0.4 is 11.1 Å². The molecule has 0 saturated carbocycles. The Bertz CT molecular complexity index is 748. The van der Waals surface area contributed by atoms with Crippen molar-refractivity contribution in [2.75, 3.05) is 5.73 Å². The Morgan fingerprint density at radius 1 is 1.30 bits per heavy atom. The van der Waals surface area contributed by atoms with Crippen LogP contribution in [0.25, 0.3) is 0 Å². The van der Waals surface area contributed by atoms with Gasteiger partial charge in [-0.15, -0.1) is 0 Å². The fourth-order valence-electron chi connectivity index (χ4n) is 3.06. The quantitative estimate of drug-likeness (QED) is 0.797. The van der Waals surface area contributed by atoms with Gasteiger partial charge in [0.05, 0.1) is 16.9 Å². The minimum absolute atomic E-state index is 0.0238. The molecular weight excluding hydrogens is 359 g/mol. The Hall–Kier alpha value is -1.88. The van der Waals surface area contributed by atoms with Gasteiger partial charge in [0.2, 0.25) is 5.91 Å². The van der Waals surface area contributed by atoms with Gasteiger partial charge in [-0.1, -0.05) is 12.1 Å². The fraction of sp³-hybridized carbons (Fsp3) is 0.278. The number of nitrogen functional groups attached to an aromatic ring is 1. The Balaban J connectivity index is 1.70. The van der Waals surface area contributed by atoms with Crippen LogP contribution in [-0.2, 0) is 17.6 Å². The molecule has 0 spiro atoms. The summed E-state index contributed by atoms with van der Waals surface area (Å²) < 4.78 is 13.6. The lowest BCUT2D eigenvalue weighted by Crippen LogP contribution is -2.32. The van der Waals surface area contributed by atoms with Crippen LogP contribution in [0.15, 0.2) is 40.9 Å². The second-order valence-corrected chi connectivity index (χ2v) is 6.75. The van der Waals surface area contributed by atoms with Crippen molar-refractivity contribution in [2.45, 2.75) is 31.7 Å². The lowest BCUT2D eigenvalue weighted by atomic mass is 9.87. The number of carbonyl (C=O) groups is 1. The highest BCUT2D eigenvalue weighted by Crippen LogP contribution is 2.31. The third-order valence-electron chi connectivity index (χ3n) is 4.17. The Labute approximate surface area is 143 Å². The van der Waals surface area contributed by atoms with Crippen LogP contribution in [0.4, 0.5) is 10.1 Å². The largest absolute Gasteiger partial charge is 0.399 e. The molecule has 23 heavy (non-hydrogen) atoms. The normalized spacial score (nSPS) is 16.7. The lowest BCUT2D eigenvalue weighted by molar-refractivity contribution is -0.121. The molecule has 120 valence electrons. The Morgan fingerprint density at radius 2 is 2.13 bits per heavy atom. The van der Waals surface area contributed by atoms with Crippen LogP contribution in [0.2, 0.25) is 0 Å². The molecule has 0 aromatic heterocycles. The number of carbonyl (C=O) groups excluding carboxylic acids is 1. The number of aryl methyl sites for hydroxylation is 1. The summed E-state index contributed by atoms with van der Waals surface area (Å²) in [6, 6.07) is 10.5. The van der Waals surface area contributed by atoms with E-state index in [9.17, 15) is 9.18 Å². The van der Waals surface area contributed by atoms with Gasteiger partial charge in [-0.25, -0.2) is 4.39 Å². The summed E-state index contributed by atoms with van der Waals surface area (Å²) in [4.78, 5) is 12.3. The van der Waals surface area contributed by atoms with Gasteiger partial charge in [0.1, 0.15) is 5.82 Å². The molecule has 1 aliphatic carbocycles. The van der Waals surface area contributed by atoms with Crippen molar-refractivity contribution in [3.63, 3.8) is 0 Å². The number of rotatable bonds is 3. The summed E-state index contributed by atoms with van der Waals surface area (Å²) in [7, 11) is 0. The van der Waals surface area contributed by atoms with Gasteiger partial charge >= 0.3 is 0 Å². The summed E-state index contributed by atoms with van der Waals surface area (Å²) in [5.74, 6) is -0.383. The molecule has 3 nitrogen and oxygen atoms in total. The molecular formula is C18H18BrFN2O. The van der Waals surface area contributed by atoms with Crippen molar-refractivity contribution >= 4 is 27.5 Å². The van der Waals surface area contributed by atoms with Crippen molar-refractivity contribution in [2.24, 2.45) is 0 Å². The van der Waals surface area contributed by atoms with Crippen LogP contribution in [0.1, 0.15) is 35.6 Å². The molecule has 0 bridgehead atoms. The second kappa shape index (κ2) is 6.71. The fourth-order valence-corrected chi connectivity index (χ4v) is 3.49. The first-order valence-corrected chi connectivity index (χ1v) is 8.44. The van der Waals surface area contributed by atoms with E-state index in [0.717, 1.165) is 36.1 Å². The molecule has 3 N–H and O–H groups in total. The van der Waals surface area contributed by atoms with Gasteiger partial charge in [0.15, 0.2) is 0 Å². The third-order valence-corrected chi connectivity index (χ3v) is 4.77. The molecule has 0 radical (unpaired) electrons. The first-order chi connectivity index (χ1) is 11.0. The number of hydrogen-bond acceptors (Lipinski definition) is 2. The van der Waals surface area contributed by atoms with Crippen molar-refractivity contribution in [1.29, 1.82) is 0 Å². The highest BCUT2D eigenvalue weighted by Gasteiger charge is 2.22. The van der Waals surface area contributed by atoms with Crippen molar-refractivity contribution in [3.05, 3.63) is 63.4 Å². The van der Waals surface area contributed by atoms with Crippen LogP contribution in [0, 0.1) is 5.82 Å². The molecule has 3 rings (SSSR count). The molecule has 5 heteroatoms. The van der Waals surface area contributed by atoms with Crippen LogP contribution in [0.5, 0.6) is 0 Å². The van der Waals surface area contributed by atoms with E-state index < -0.39 is 0 Å². The molecule has 1 amide bonds. The molecule has 0 saturated heterocycles. The zero-order chi connectivity index (χ0) is 16.4. The number of amides is 1. The SMILES string of the molecule is Nc1ccc2c(c1)CCCC2NC(=O)Cc1ccc(F)c(Br)c1. The number of nitrogens with two attached hydrogens (primary N) is 1. The average molecular weight is 377 g/mol. The van der Waals surface area contributed by atoms with Gasteiger partial charge in [0, 0.05) is 5.69 Å². The van der Waals surface area contributed by atoms with E-state index in [0.29, 0.717) is 4.47 Å². The second-order valence-electron chi connectivity index (χ2n) is 5.90. The number of anilines is 1. The summed E-state index contributed by atoms with van der Waals surface area (Å²) in [6.07, 6.45) is 3.19. The van der Waals surface area contributed by atoms with Gasteiger partial charge in [-0.3, -0.25) is 4.79 Å². The molecule has 0 heterocycles. The maximum Gasteiger partial charge on any atom is 0.224 e. The Kier molecular flexibility index (Phi) is 4.66.